The molecule has 0 atom stereocenters. The van der Waals surface area contributed by atoms with Crippen LogP contribution in [0.15, 0.2) is 65.2 Å². The van der Waals surface area contributed by atoms with Crippen LogP contribution in [0.2, 0.25) is 0 Å². The summed E-state index contributed by atoms with van der Waals surface area (Å²) in [5.41, 5.74) is -1.99. The predicted molar refractivity (Wildman–Crippen MR) is 108 cm³/mol. The first kappa shape index (κ1) is 22.9. The van der Waals surface area contributed by atoms with Crippen LogP contribution in [0.5, 0.6) is 11.5 Å². The summed E-state index contributed by atoms with van der Waals surface area (Å²) in [4.78, 5) is 1.67. The third-order valence-electron chi connectivity index (χ3n) is 4.86. The van der Waals surface area contributed by atoms with Gasteiger partial charge in [0.1, 0.15) is 11.5 Å². The Bertz CT molecular complexity index is 1280. The van der Waals surface area contributed by atoms with Crippen molar-refractivity contribution in [2.45, 2.75) is 12.4 Å². The smallest absolute Gasteiger partial charge is 0.420 e. The quantitative estimate of drug-likeness (QED) is 0.538. The normalized spacial score (nSPS) is 17.8. The van der Waals surface area contributed by atoms with Crippen molar-refractivity contribution in [3.63, 3.8) is 0 Å². The zero-order chi connectivity index (χ0) is 24.0. The highest BCUT2D eigenvalue weighted by atomic mass is 32.2. The summed E-state index contributed by atoms with van der Waals surface area (Å²) >= 11 is 0. The van der Waals surface area contributed by atoms with Crippen LogP contribution in [0.3, 0.4) is 0 Å². The number of hydrogen-bond donors (Lipinski definition) is 0. The van der Waals surface area contributed by atoms with Gasteiger partial charge >= 0.3 is 12.4 Å². The first-order valence-electron chi connectivity index (χ1n) is 9.38. The molecule has 2 aromatic rings. The third-order valence-corrected chi connectivity index (χ3v) is 6.01. The van der Waals surface area contributed by atoms with E-state index in [1.165, 1.54) is 24.3 Å². The molecule has 4 rings (SSSR count). The lowest BCUT2D eigenvalue weighted by molar-refractivity contribution is -0.143. The molecule has 2 aliphatic heterocycles. The second-order valence-corrected chi connectivity index (χ2v) is 8.90. The Morgan fingerprint density at radius 2 is 1.64 bits per heavy atom. The van der Waals surface area contributed by atoms with E-state index in [1.807, 2.05) is 0 Å². The number of benzene rings is 2. The van der Waals surface area contributed by atoms with Gasteiger partial charge in [0.05, 0.1) is 16.9 Å². The van der Waals surface area contributed by atoms with Crippen LogP contribution >= 0.6 is 0 Å². The fraction of sp³-hybridized carbons (Fsp3) is 0.190. The number of allylic oxidation sites excluding steroid dienone is 2. The van der Waals surface area contributed by atoms with Crippen LogP contribution in [0.1, 0.15) is 16.7 Å². The van der Waals surface area contributed by atoms with Crippen LogP contribution in [0, 0.1) is 0 Å². The fourth-order valence-corrected chi connectivity index (χ4v) is 4.27. The molecule has 2 aromatic carbocycles. The van der Waals surface area contributed by atoms with Crippen molar-refractivity contribution in [3.8, 4) is 11.5 Å². The lowest BCUT2D eigenvalue weighted by Crippen LogP contribution is -2.37. The van der Waals surface area contributed by atoms with Crippen LogP contribution in [-0.4, -0.2) is 31.5 Å². The molecule has 0 aromatic heterocycles. The molecule has 2 aliphatic rings. The molecule has 0 amide bonds. The van der Waals surface area contributed by atoms with Gasteiger partial charge in [-0.05, 0) is 48.0 Å². The van der Waals surface area contributed by atoms with Gasteiger partial charge in [0, 0.05) is 18.3 Å². The van der Waals surface area contributed by atoms with Crippen LogP contribution < -0.4 is 4.74 Å². The van der Waals surface area contributed by atoms with E-state index in [1.54, 1.807) is 23.3 Å². The molecule has 0 unspecified atom stereocenters. The summed E-state index contributed by atoms with van der Waals surface area (Å²) in [5.74, 6) is -0.738. The molecule has 2 heterocycles. The Morgan fingerprint density at radius 3 is 2.27 bits per heavy atom. The average Bonchev–Trinajstić information content (AvgIpc) is 2.72. The first-order chi connectivity index (χ1) is 15.3. The van der Waals surface area contributed by atoms with Gasteiger partial charge in [-0.3, -0.25) is 0 Å². The molecule has 0 fully saturated rings. The molecule has 12 heteroatoms. The molecule has 0 bridgehead atoms. The molecule has 5 nitrogen and oxygen atoms in total. The van der Waals surface area contributed by atoms with Crippen molar-refractivity contribution in [1.82, 2.24) is 4.90 Å². The lowest BCUT2D eigenvalue weighted by Gasteiger charge is -2.29. The van der Waals surface area contributed by atoms with Gasteiger partial charge < -0.3 is 9.64 Å². The van der Waals surface area contributed by atoms with Crippen molar-refractivity contribution in [1.29, 1.82) is 0 Å². The maximum atomic E-state index is 13.3. The number of alkyl halides is 6. The van der Waals surface area contributed by atoms with Gasteiger partial charge in [-0.1, -0.05) is 12.1 Å². The van der Waals surface area contributed by atoms with Crippen LogP contribution in [0.4, 0.5) is 26.3 Å². The highest BCUT2D eigenvalue weighted by Crippen LogP contribution is 2.42. The zero-order valence-corrected chi connectivity index (χ0v) is 17.3. The van der Waals surface area contributed by atoms with E-state index in [4.69, 9.17) is 4.74 Å². The largest absolute Gasteiger partial charge is 0.457 e. The van der Waals surface area contributed by atoms with Crippen molar-refractivity contribution < 1.29 is 39.5 Å². The van der Waals surface area contributed by atoms with Crippen molar-refractivity contribution in [3.05, 3.63) is 77.5 Å². The highest BCUT2D eigenvalue weighted by Gasteiger charge is 2.39. The molecule has 0 radical (unpaired) electrons. The second kappa shape index (κ2) is 7.94. The molecular weight excluding hydrogens is 474 g/mol. The Morgan fingerprint density at radius 1 is 0.939 bits per heavy atom. The maximum absolute atomic E-state index is 13.3. The van der Waals surface area contributed by atoms with Gasteiger partial charge in [-0.15, -0.1) is 4.40 Å². The number of halogens is 6. The molecule has 0 saturated carbocycles. The van der Waals surface area contributed by atoms with Crippen molar-refractivity contribution in [2.75, 3.05) is 12.3 Å². The minimum atomic E-state index is -5.07. The lowest BCUT2D eigenvalue weighted by atomic mass is 10.0. The Kier molecular flexibility index (Phi) is 5.51. The molecule has 0 N–H and O–H groups in total. The molecule has 0 spiro atoms. The minimum Gasteiger partial charge on any atom is -0.457 e. The molecular formula is C21H14F6N2O3S. The molecule has 33 heavy (non-hydrogen) atoms. The number of fused-ring (bicyclic) bond motifs is 1. The molecule has 0 saturated heterocycles. The van der Waals surface area contributed by atoms with E-state index in [2.05, 4.69) is 4.40 Å². The summed E-state index contributed by atoms with van der Waals surface area (Å²) in [5, 5.41) is 0. The summed E-state index contributed by atoms with van der Waals surface area (Å²) in [6, 6.07) is 6.75. The van der Waals surface area contributed by atoms with Crippen LogP contribution in [0.25, 0.3) is 5.57 Å². The predicted octanol–water partition coefficient (Wildman–Crippen LogP) is 5.47. The number of nitrogens with zero attached hydrogens (tertiary/aromatic N) is 2. The Labute approximate surface area is 184 Å². The Hall–Kier alpha value is -3.28. The van der Waals surface area contributed by atoms with E-state index in [0.717, 1.165) is 0 Å². The first-order valence-corrected chi connectivity index (χ1v) is 11.0. The Balaban J connectivity index is 1.63. The minimum absolute atomic E-state index is 0.000872. The topological polar surface area (TPSA) is 59.0 Å². The summed E-state index contributed by atoms with van der Waals surface area (Å²) in [6.07, 6.45) is -4.98. The van der Waals surface area contributed by atoms with E-state index in [-0.39, 0.29) is 29.9 Å². The summed E-state index contributed by atoms with van der Waals surface area (Å²) in [7, 11) is -3.62. The number of sulfonamides is 1. The number of hydrogen-bond acceptors (Lipinski definition) is 4. The maximum Gasteiger partial charge on any atom is 0.420 e. The average molecular weight is 488 g/mol. The number of rotatable bonds is 3. The van der Waals surface area contributed by atoms with Crippen LogP contribution in [-0.2, 0) is 22.4 Å². The van der Waals surface area contributed by atoms with Gasteiger partial charge in [0.15, 0.2) is 5.84 Å². The van der Waals surface area contributed by atoms with Gasteiger partial charge in [0.25, 0.3) is 10.0 Å². The number of amidine groups is 1. The second-order valence-electron chi connectivity index (χ2n) is 7.15. The van der Waals surface area contributed by atoms with E-state index < -0.39 is 39.3 Å². The number of ether oxygens (including phenoxy) is 1. The van der Waals surface area contributed by atoms with E-state index in [0.29, 0.717) is 23.3 Å². The highest BCUT2D eigenvalue weighted by molar-refractivity contribution is 7.90. The van der Waals surface area contributed by atoms with Crippen molar-refractivity contribution in [2.24, 2.45) is 4.40 Å². The molecule has 174 valence electrons. The fourth-order valence-electron chi connectivity index (χ4n) is 3.29. The van der Waals surface area contributed by atoms with Gasteiger partial charge in [0.2, 0.25) is 0 Å². The zero-order valence-electron chi connectivity index (χ0n) is 16.5. The standard InChI is InChI=1S/C21H14F6N2O3S/c22-20(23,24)14-5-8-18(17(12-14)21(25,26)27)32-15-6-3-13(4-7-15)16-2-1-9-29-10-11-33(30,31)28-19(16)29/h1-9,12H,10-11H2. The third kappa shape index (κ3) is 4.90. The summed E-state index contributed by atoms with van der Waals surface area (Å²) in [6.45, 7) is 0.227. The monoisotopic (exact) mass is 488 g/mol. The van der Waals surface area contributed by atoms with Gasteiger partial charge in [-0.25, -0.2) is 8.42 Å². The van der Waals surface area contributed by atoms with E-state index in [9.17, 15) is 34.8 Å². The van der Waals surface area contributed by atoms with E-state index >= 15 is 0 Å². The molecule has 0 aliphatic carbocycles. The SMILES string of the molecule is O=S1(=O)CCN2C=CC=C(c3ccc(Oc4ccc(C(F)(F)F)cc4C(F)(F)F)cc3)C2=N1. The van der Waals surface area contributed by atoms with Gasteiger partial charge in [-0.2, -0.15) is 26.3 Å². The van der Waals surface area contributed by atoms with Crippen molar-refractivity contribution >= 4 is 21.4 Å². The summed E-state index contributed by atoms with van der Waals surface area (Å²) < 4.78 is 111.